The summed E-state index contributed by atoms with van der Waals surface area (Å²) in [4.78, 5) is 1.17. The molecule has 2 rings (SSSR count). The smallest absolute Gasteiger partial charge is 0.187 e. The molecule has 5 heteroatoms. The second-order valence-electron chi connectivity index (χ2n) is 4.24. The van der Waals surface area contributed by atoms with Crippen molar-refractivity contribution in [2.24, 2.45) is 5.10 Å². The molecule has 1 fully saturated rings. The largest absolute Gasteiger partial charge is 0.359 e. The summed E-state index contributed by atoms with van der Waals surface area (Å²) in [5.41, 5.74) is 3.88. The first-order chi connectivity index (χ1) is 8.25. The molecule has 1 aliphatic carbocycles. The number of hydrazone groups is 1. The van der Waals surface area contributed by atoms with E-state index in [1.165, 1.54) is 30.6 Å². The molecule has 0 aromatic carbocycles. The number of nitrogens with zero attached hydrogens (tertiary/aromatic N) is 1. The molecule has 1 saturated carbocycles. The zero-order valence-corrected chi connectivity index (χ0v) is 11.5. The van der Waals surface area contributed by atoms with Crippen molar-refractivity contribution < 1.29 is 0 Å². The molecule has 0 amide bonds. The minimum atomic E-state index is 0.534. The molecule has 1 heterocycles. The first-order valence-corrected chi connectivity index (χ1v) is 7.19. The van der Waals surface area contributed by atoms with Crippen LogP contribution in [0, 0.1) is 0 Å². The Morgan fingerprint density at radius 2 is 2.24 bits per heavy atom. The normalized spacial score (nSPS) is 17.1. The van der Waals surface area contributed by atoms with Gasteiger partial charge in [0, 0.05) is 10.9 Å². The monoisotopic (exact) mass is 267 g/mol. The van der Waals surface area contributed by atoms with Crippen molar-refractivity contribution in [3.05, 3.63) is 22.4 Å². The van der Waals surface area contributed by atoms with E-state index in [1.54, 1.807) is 11.3 Å². The summed E-state index contributed by atoms with van der Waals surface area (Å²) >= 11 is 6.89. The lowest BCUT2D eigenvalue weighted by Gasteiger charge is -2.13. The highest BCUT2D eigenvalue weighted by Gasteiger charge is 2.15. The van der Waals surface area contributed by atoms with Crippen molar-refractivity contribution >= 4 is 34.4 Å². The molecule has 0 aliphatic heterocycles. The van der Waals surface area contributed by atoms with Gasteiger partial charge < -0.3 is 5.32 Å². The molecular weight excluding hydrogens is 250 g/mol. The molecule has 0 saturated heterocycles. The third-order valence-corrected chi connectivity index (χ3v) is 4.08. The molecule has 0 unspecified atom stereocenters. The summed E-state index contributed by atoms with van der Waals surface area (Å²) in [6.07, 6.45) is 5.04. The number of hydrogen-bond donors (Lipinski definition) is 2. The molecule has 1 aromatic rings. The summed E-state index contributed by atoms with van der Waals surface area (Å²) in [5, 5.41) is 10.3. The first-order valence-electron chi connectivity index (χ1n) is 5.90. The van der Waals surface area contributed by atoms with Gasteiger partial charge in [-0.25, -0.2) is 0 Å². The van der Waals surface area contributed by atoms with Gasteiger partial charge in [0.2, 0.25) is 0 Å². The maximum atomic E-state index is 5.21. The third kappa shape index (κ3) is 3.78. The maximum absolute atomic E-state index is 5.21. The van der Waals surface area contributed by atoms with E-state index in [-0.39, 0.29) is 0 Å². The summed E-state index contributed by atoms with van der Waals surface area (Å²) in [6.45, 7) is 1.98. The van der Waals surface area contributed by atoms with Gasteiger partial charge in [0.25, 0.3) is 0 Å². The Morgan fingerprint density at radius 3 is 2.88 bits per heavy atom. The molecule has 92 valence electrons. The van der Waals surface area contributed by atoms with Crippen molar-refractivity contribution in [2.45, 2.75) is 38.6 Å². The van der Waals surface area contributed by atoms with E-state index in [2.05, 4.69) is 21.9 Å². The van der Waals surface area contributed by atoms with Gasteiger partial charge in [-0.05, 0) is 43.4 Å². The minimum absolute atomic E-state index is 0.534. The molecule has 1 aromatic heterocycles. The predicted molar refractivity (Wildman–Crippen MR) is 77.7 cm³/mol. The van der Waals surface area contributed by atoms with Crippen molar-refractivity contribution in [3.8, 4) is 0 Å². The third-order valence-electron chi connectivity index (χ3n) is 2.89. The van der Waals surface area contributed by atoms with Gasteiger partial charge in [-0.1, -0.05) is 18.9 Å². The molecular formula is C12H17N3S2. The van der Waals surface area contributed by atoms with Crippen LogP contribution < -0.4 is 10.7 Å². The van der Waals surface area contributed by atoms with Crippen LogP contribution in [0.5, 0.6) is 0 Å². The lowest BCUT2D eigenvalue weighted by atomic mass is 10.3. The van der Waals surface area contributed by atoms with E-state index >= 15 is 0 Å². The Morgan fingerprint density at radius 1 is 1.47 bits per heavy atom. The molecule has 0 spiro atoms. The van der Waals surface area contributed by atoms with E-state index in [4.69, 9.17) is 12.2 Å². The molecule has 3 nitrogen and oxygen atoms in total. The van der Waals surface area contributed by atoms with Crippen LogP contribution in [-0.2, 0) is 0 Å². The minimum Gasteiger partial charge on any atom is -0.359 e. The van der Waals surface area contributed by atoms with Crippen LogP contribution in [0.2, 0.25) is 0 Å². The number of nitrogens with one attached hydrogen (secondary N) is 2. The molecule has 2 N–H and O–H groups in total. The number of hydrogen-bond acceptors (Lipinski definition) is 3. The van der Waals surface area contributed by atoms with Crippen LogP contribution in [0.3, 0.4) is 0 Å². The lowest BCUT2D eigenvalue weighted by Crippen LogP contribution is -2.38. The fourth-order valence-electron chi connectivity index (χ4n) is 1.96. The topological polar surface area (TPSA) is 36.4 Å². The van der Waals surface area contributed by atoms with Gasteiger partial charge in [0.1, 0.15) is 0 Å². The quantitative estimate of drug-likeness (QED) is 0.502. The van der Waals surface area contributed by atoms with E-state index in [0.29, 0.717) is 11.2 Å². The Bertz CT molecular complexity index is 392. The Kier molecular flexibility index (Phi) is 4.50. The van der Waals surface area contributed by atoms with Crippen LogP contribution in [0.25, 0.3) is 0 Å². The molecule has 0 radical (unpaired) electrons. The Balaban J connectivity index is 1.80. The van der Waals surface area contributed by atoms with Gasteiger partial charge in [-0.2, -0.15) is 5.10 Å². The van der Waals surface area contributed by atoms with Gasteiger partial charge >= 0.3 is 0 Å². The number of thiophene rings is 1. The molecule has 0 atom stereocenters. The van der Waals surface area contributed by atoms with Crippen molar-refractivity contribution in [1.82, 2.24) is 10.7 Å². The van der Waals surface area contributed by atoms with E-state index in [1.807, 2.05) is 18.4 Å². The fourth-order valence-corrected chi connectivity index (χ4v) is 2.85. The highest BCUT2D eigenvalue weighted by atomic mass is 32.1. The summed E-state index contributed by atoms with van der Waals surface area (Å²) in [5.74, 6) is 0. The van der Waals surface area contributed by atoms with Crippen LogP contribution in [0.4, 0.5) is 0 Å². The van der Waals surface area contributed by atoms with E-state index < -0.39 is 0 Å². The van der Waals surface area contributed by atoms with Gasteiger partial charge in [-0.3, -0.25) is 5.43 Å². The standard InChI is InChI=1S/C12H17N3S2/c1-9(11-7-4-8-17-11)14-15-12(16)13-10-5-2-3-6-10/h4,7-8,10H,2-3,5-6H2,1H3,(H2,13,15,16)/b14-9+. The predicted octanol–water partition coefficient (Wildman–Crippen LogP) is 2.88. The van der Waals surface area contributed by atoms with Crippen molar-refractivity contribution in [2.75, 3.05) is 0 Å². The van der Waals surface area contributed by atoms with Gasteiger partial charge in [0.15, 0.2) is 5.11 Å². The zero-order chi connectivity index (χ0) is 12.1. The van der Waals surface area contributed by atoms with Gasteiger partial charge in [0.05, 0.1) is 5.71 Å². The van der Waals surface area contributed by atoms with E-state index in [0.717, 1.165) is 5.71 Å². The average molecular weight is 267 g/mol. The Labute approximate surface area is 111 Å². The van der Waals surface area contributed by atoms with Crippen LogP contribution in [-0.4, -0.2) is 16.9 Å². The zero-order valence-electron chi connectivity index (χ0n) is 9.90. The molecule has 1 aliphatic rings. The molecule has 17 heavy (non-hydrogen) atoms. The number of rotatable bonds is 3. The lowest BCUT2D eigenvalue weighted by molar-refractivity contribution is 0.624. The maximum Gasteiger partial charge on any atom is 0.187 e. The SMILES string of the molecule is C/C(=N\NC(=S)NC1CCCC1)c1cccs1. The van der Waals surface area contributed by atoms with Crippen molar-refractivity contribution in [3.63, 3.8) is 0 Å². The highest BCUT2D eigenvalue weighted by molar-refractivity contribution is 7.80. The fraction of sp³-hybridized carbons (Fsp3) is 0.500. The van der Waals surface area contributed by atoms with Crippen LogP contribution in [0.15, 0.2) is 22.6 Å². The van der Waals surface area contributed by atoms with Crippen LogP contribution >= 0.6 is 23.6 Å². The first kappa shape index (κ1) is 12.5. The summed E-state index contributed by atoms with van der Waals surface area (Å²) in [6, 6.07) is 4.61. The van der Waals surface area contributed by atoms with Gasteiger partial charge in [-0.15, -0.1) is 11.3 Å². The summed E-state index contributed by atoms with van der Waals surface area (Å²) in [7, 11) is 0. The van der Waals surface area contributed by atoms with E-state index in [9.17, 15) is 0 Å². The van der Waals surface area contributed by atoms with Crippen LogP contribution in [0.1, 0.15) is 37.5 Å². The second kappa shape index (κ2) is 6.12. The van der Waals surface area contributed by atoms with Crippen molar-refractivity contribution in [1.29, 1.82) is 0 Å². The Hall–Kier alpha value is -0.940. The second-order valence-corrected chi connectivity index (χ2v) is 5.60. The number of thiocarbonyl (C=S) groups is 1. The summed E-state index contributed by atoms with van der Waals surface area (Å²) < 4.78 is 0. The average Bonchev–Trinajstić information content (AvgIpc) is 2.97. The highest BCUT2D eigenvalue weighted by Crippen LogP contribution is 2.17. The molecule has 0 bridgehead atoms.